The largest absolute Gasteiger partial charge is 0.481 e. The van der Waals surface area contributed by atoms with Crippen molar-refractivity contribution in [1.29, 1.82) is 0 Å². The molecule has 16 heavy (non-hydrogen) atoms. The zero-order chi connectivity index (χ0) is 11.7. The second kappa shape index (κ2) is 3.89. The third-order valence-corrected chi connectivity index (χ3v) is 2.47. The predicted molar refractivity (Wildman–Crippen MR) is 61.5 cm³/mol. The number of ketones is 1. The maximum Gasteiger partial charge on any atom is 0.213 e. The Labute approximate surface area is 93.7 Å². The van der Waals surface area contributed by atoms with Crippen molar-refractivity contribution in [2.75, 3.05) is 7.11 Å². The lowest BCUT2D eigenvalue weighted by Crippen LogP contribution is -2.19. The first-order valence-electron chi connectivity index (χ1n) is 4.91. The monoisotopic (exact) mass is 216 g/mol. The Morgan fingerprint density at radius 1 is 1.50 bits per heavy atom. The van der Waals surface area contributed by atoms with Gasteiger partial charge in [0.05, 0.1) is 30.6 Å². The summed E-state index contributed by atoms with van der Waals surface area (Å²) >= 11 is 0. The smallest absolute Gasteiger partial charge is 0.213 e. The maximum atomic E-state index is 11.7. The van der Waals surface area contributed by atoms with E-state index >= 15 is 0 Å². The molecule has 1 atom stereocenters. The second-order valence-corrected chi connectivity index (χ2v) is 3.70. The van der Waals surface area contributed by atoms with E-state index in [4.69, 9.17) is 4.74 Å². The van der Waals surface area contributed by atoms with Gasteiger partial charge in [0, 0.05) is 6.07 Å². The fourth-order valence-electron chi connectivity index (χ4n) is 1.70. The molecule has 1 unspecified atom stereocenters. The van der Waals surface area contributed by atoms with Gasteiger partial charge in [0.2, 0.25) is 5.88 Å². The van der Waals surface area contributed by atoms with Crippen molar-refractivity contribution in [2.45, 2.75) is 12.8 Å². The van der Waals surface area contributed by atoms with Gasteiger partial charge in [-0.1, -0.05) is 12.2 Å². The van der Waals surface area contributed by atoms with E-state index < -0.39 is 5.92 Å². The minimum Gasteiger partial charge on any atom is -0.481 e. The number of rotatable bonds is 2. The highest BCUT2D eigenvalue weighted by atomic mass is 16.5. The highest BCUT2D eigenvalue weighted by Gasteiger charge is 2.27. The van der Waals surface area contributed by atoms with Gasteiger partial charge < -0.3 is 4.74 Å². The van der Waals surface area contributed by atoms with Crippen LogP contribution in [0.4, 0.5) is 5.69 Å². The van der Waals surface area contributed by atoms with Crippen LogP contribution in [0, 0.1) is 0 Å². The lowest BCUT2D eigenvalue weighted by molar-refractivity contribution is -0.113. The molecule has 4 nitrogen and oxygen atoms in total. The van der Waals surface area contributed by atoms with Crippen molar-refractivity contribution in [1.82, 2.24) is 4.98 Å². The molecular weight excluding hydrogens is 204 g/mol. The molecule has 2 heterocycles. The molecule has 0 amide bonds. The molecule has 0 aromatic carbocycles. The average molecular weight is 216 g/mol. The average Bonchev–Trinajstić information content (AvgIpc) is 2.27. The summed E-state index contributed by atoms with van der Waals surface area (Å²) in [4.78, 5) is 20.0. The molecule has 0 saturated heterocycles. The summed E-state index contributed by atoms with van der Waals surface area (Å²) in [5, 5.41) is 0. The van der Waals surface area contributed by atoms with Crippen molar-refractivity contribution in [2.24, 2.45) is 4.99 Å². The summed E-state index contributed by atoms with van der Waals surface area (Å²) in [6.07, 6.45) is 1.33. The van der Waals surface area contributed by atoms with Gasteiger partial charge in [0.1, 0.15) is 0 Å². The first kappa shape index (κ1) is 10.5. The Morgan fingerprint density at radius 3 is 2.88 bits per heavy atom. The minimum absolute atomic E-state index is 0.0826. The lowest BCUT2D eigenvalue weighted by Gasteiger charge is -2.19. The van der Waals surface area contributed by atoms with E-state index in [2.05, 4.69) is 16.6 Å². The number of aromatic nitrogens is 1. The standard InChI is InChI=1S/C12H12N2O2/c1-7(2)11-9(15)6-13-8-4-5-10(16-3)14-12(8)11/h4-6,11H,1H2,2-3H3. The van der Waals surface area contributed by atoms with Gasteiger partial charge in [0.15, 0.2) is 5.78 Å². The van der Waals surface area contributed by atoms with Crippen LogP contribution < -0.4 is 4.74 Å². The molecule has 1 aromatic rings. The Bertz CT molecular complexity index is 492. The quantitative estimate of drug-likeness (QED) is 0.711. The van der Waals surface area contributed by atoms with E-state index in [1.54, 1.807) is 19.2 Å². The van der Waals surface area contributed by atoms with E-state index in [-0.39, 0.29) is 5.78 Å². The number of fused-ring (bicyclic) bond motifs is 1. The van der Waals surface area contributed by atoms with E-state index in [1.807, 2.05) is 6.92 Å². The van der Waals surface area contributed by atoms with Crippen molar-refractivity contribution >= 4 is 17.7 Å². The highest BCUT2D eigenvalue weighted by molar-refractivity contribution is 6.32. The third kappa shape index (κ3) is 1.62. The number of hydrogen-bond acceptors (Lipinski definition) is 4. The number of nitrogens with zero attached hydrogens (tertiary/aromatic N) is 2. The molecule has 82 valence electrons. The molecule has 0 spiro atoms. The Morgan fingerprint density at radius 2 is 2.25 bits per heavy atom. The van der Waals surface area contributed by atoms with Gasteiger partial charge >= 0.3 is 0 Å². The Balaban J connectivity index is 2.57. The van der Waals surface area contributed by atoms with Gasteiger partial charge in [0.25, 0.3) is 0 Å². The van der Waals surface area contributed by atoms with Gasteiger partial charge in [-0.15, -0.1) is 0 Å². The van der Waals surface area contributed by atoms with Crippen molar-refractivity contribution in [3.63, 3.8) is 0 Å². The normalized spacial score (nSPS) is 18.1. The number of Topliss-reactive ketones (excluding diaryl/α,β-unsaturated/α-hetero) is 1. The molecule has 0 bridgehead atoms. The molecular formula is C12H12N2O2. The van der Waals surface area contributed by atoms with Crippen LogP contribution in [0.2, 0.25) is 0 Å². The molecule has 0 radical (unpaired) electrons. The summed E-state index contributed by atoms with van der Waals surface area (Å²) in [7, 11) is 1.54. The molecule has 0 aliphatic carbocycles. The van der Waals surface area contributed by atoms with Crippen LogP contribution in [-0.2, 0) is 4.79 Å². The van der Waals surface area contributed by atoms with Gasteiger partial charge in [-0.25, -0.2) is 4.98 Å². The van der Waals surface area contributed by atoms with E-state index in [1.165, 1.54) is 6.21 Å². The molecule has 4 heteroatoms. The molecule has 2 rings (SSSR count). The number of methoxy groups -OCH3 is 1. The highest BCUT2D eigenvalue weighted by Crippen LogP contribution is 2.34. The SMILES string of the molecule is C=C(C)C1C(=O)C=Nc2ccc(OC)nc21. The number of ether oxygens (including phenoxy) is 1. The van der Waals surface area contributed by atoms with Crippen molar-refractivity contribution in [3.8, 4) is 5.88 Å². The lowest BCUT2D eigenvalue weighted by atomic mass is 9.90. The van der Waals surface area contributed by atoms with Crippen LogP contribution in [-0.4, -0.2) is 24.1 Å². The van der Waals surface area contributed by atoms with Gasteiger partial charge in [-0.3, -0.25) is 9.79 Å². The minimum atomic E-state index is -0.400. The Hall–Kier alpha value is -1.97. The first-order chi connectivity index (χ1) is 7.63. The zero-order valence-corrected chi connectivity index (χ0v) is 9.23. The topological polar surface area (TPSA) is 51.5 Å². The molecule has 1 aliphatic rings. The van der Waals surface area contributed by atoms with Crippen LogP contribution in [0.15, 0.2) is 29.3 Å². The van der Waals surface area contributed by atoms with Crippen LogP contribution in [0.1, 0.15) is 18.5 Å². The summed E-state index contributed by atoms with van der Waals surface area (Å²) < 4.78 is 5.04. The summed E-state index contributed by atoms with van der Waals surface area (Å²) in [6.45, 7) is 5.63. The van der Waals surface area contributed by atoms with E-state index in [0.29, 0.717) is 17.3 Å². The number of carbonyl (C=O) groups is 1. The number of aliphatic imine (C=N–C) groups is 1. The van der Waals surface area contributed by atoms with Gasteiger partial charge in [-0.2, -0.15) is 0 Å². The van der Waals surface area contributed by atoms with Crippen LogP contribution >= 0.6 is 0 Å². The van der Waals surface area contributed by atoms with Gasteiger partial charge in [-0.05, 0) is 13.0 Å². The fraction of sp³-hybridized carbons (Fsp3) is 0.250. The number of hydrogen-bond donors (Lipinski definition) is 0. The summed E-state index contributed by atoms with van der Waals surface area (Å²) in [6, 6.07) is 3.52. The molecule has 0 N–H and O–H groups in total. The number of carbonyl (C=O) groups excluding carboxylic acids is 1. The predicted octanol–water partition coefficient (Wildman–Crippen LogP) is 2.03. The van der Waals surface area contributed by atoms with Crippen LogP contribution in [0.5, 0.6) is 5.88 Å². The summed E-state index contributed by atoms with van der Waals surface area (Å²) in [5.74, 6) is -0.00162. The molecule has 0 saturated carbocycles. The van der Waals surface area contributed by atoms with Crippen molar-refractivity contribution < 1.29 is 9.53 Å². The van der Waals surface area contributed by atoms with Crippen LogP contribution in [0.3, 0.4) is 0 Å². The fourth-order valence-corrected chi connectivity index (χ4v) is 1.70. The van der Waals surface area contributed by atoms with E-state index in [9.17, 15) is 4.79 Å². The van der Waals surface area contributed by atoms with E-state index in [0.717, 1.165) is 5.57 Å². The molecule has 1 aliphatic heterocycles. The molecule has 1 aromatic heterocycles. The number of pyridine rings is 1. The maximum absolute atomic E-state index is 11.7. The zero-order valence-electron chi connectivity index (χ0n) is 9.23. The van der Waals surface area contributed by atoms with Crippen LogP contribution in [0.25, 0.3) is 0 Å². The Kier molecular flexibility index (Phi) is 2.56. The summed E-state index contributed by atoms with van der Waals surface area (Å²) in [5.41, 5.74) is 2.09. The number of allylic oxidation sites excluding steroid dienone is 1. The third-order valence-electron chi connectivity index (χ3n) is 2.47. The van der Waals surface area contributed by atoms with Crippen molar-refractivity contribution in [3.05, 3.63) is 30.0 Å². The first-order valence-corrected chi connectivity index (χ1v) is 4.91. The second-order valence-electron chi connectivity index (χ2n) is 3.70. The molecule has 0 fully saturated rings.